The zero-order chi connectivity index (χ0) is 12.9. The van der Waals surface area contributed by atoms with E-state index >= 15 is 0 Å². The minimum absolute atomic E-state index is 0.0929. The number of rotatable bonds is 5. The first-order valence-corrected chi connectivity index (χ1v) is 6.29. The van der Waals surface area contributed by atoms with E-state index in [1.807, 2.05) is 0 Å². The summed E-state index contributed by atoms with van der Waals surface area (Å²) in [6, 6.07) is 8.35. The van der Waals surface area contributed by atoms with Gasteiger partial charge in [0.2, 0.25) is 5.91 Å². The van der Waals surface area contributed by atoms with Crippen LogP contribution in [0.25, 0.3) is 0 Å². The summed E-state index contributed by atoms with van der Waals surface area (Å²) < 4.78 is 0. The van der Waals surface area contributed by atoms with Crippen molar-refractivity contribution in [1.82, 2.24) is 5.32 Å². The van der Waals surface area contributed by atoms with Crippen LogP contribution in [0.4, 0.5) is 0 Å². The van der Waals surface area contributed by atoms with Crippen molar-refractivity contribution in [1.29, 1.82) is 0 Å². The highest BCUT2D eigenvalue weighted by atomic mass is 16.1. The zero-order valence-electron chi connectivity index (χ0n) is 11.3. The lowest BCUT2D eigenvalue weighted by atomic mass is 10.0. The average Bonchev–Trinajstić information content (AvgIpc) is 2.28. The molecule has 0 saturated heterocycles. The molecular formula is C15H23NO. The van der Waals surface area contributed by atoms with E-state index in [0.717, 1.165) is 12.8 Å². The number of hydrogen-bond acceptors (Lipinski definition) is 1. The number of nitrogens with one attached hydrogen (secondary N) is 1. The van der Waals surface area contributed by atoms with Gasteiger partial charge in [-0.05, 0) is 39.2 Å². The van der Waals surface area contributed by atoms with E-state index < -0.39 is 0 Å². The Bertz CT molecular complexity index is 365. The smallest absolute Gasteiger partial charge is 0.220 e. The van der Waals surface area contributed by atoms with Crippen molar-refractivity contribution in [3.63, 3.8) is 0 Å². The predicted molar refractivity (Wildman–Crippen MR) is 72.0 cm³/mol. The van der Waals surface area contributed by atoms with Gasteiger partial charge < -0.3 is 5.32 Å². The predicted octanol–water partition coefficient (Wildman–Crippen LogP) is 3.23. The van der Waals surface area contributed by atoms with Gasteiger partial charge in [-0.3, -0.25) is 4.79 Å². The standard InChI is InChI=1S/C15H23NO/c1-5-15(3,4)16-14(17)11-10-13-8-6-12(2)7-9-13/h6-9H,5,10-11H2,1-4H3,(H,16,17). The molecule has 0 spiro atoms. The van der Waals surface area contributed by atoms with E-state index in [-0.39, 0.29) is 11.4 Å². The number of hydrogen-bond donors (Lipinski definition) is 1. The summed E-state index contributed by atoms with van der Waals surface area (Å²) in [4.78, 5) is 11.7. The van der Waals surface area contributed by atoms with Gasteiger partial charge in [-0.2, -0.15) is 0 Å². The van der Waals surface area contributed by atoms with Crippen LogP contribution >= 0.6 is 0 Å². The van der Waals surface area contributed by atoms with Crippen molar-refractivity contribution >= 4 is 5.91 Å². The van der Waals surface area contributed by atoms with Crippen LogP contribution in [0.1, 0.15) is 44.7 Å². The summed E-state index contributed by atoms with van der Waals surface area (Å²) in [5.41, 5.74) is 2.38. The molecule has 0 aliphatic heterocycles. The zero-order valence-corrected chi connectivity index (χ0v) is 11.3. The van der Waals surface area contributed by atoms with Crippen LogP contribution < -0.4 is 5.32 Å². The molecule has 0 fully saturated rings. The molecule has 0 aliphatic carbocycles. The molecule has 1 aromatic rings. The third-order valence-electron chi connectivity index (χ3n) is 3.12. The monoisotopic (exact) mass is 233 g/mol. The van der Waals surface area contributed by atoms with Crippen molar-refractivity contribution in [3.05, 3.63) is 35.4 Å². The molecule has 94 valence electrons. The molecular weight excluding hydrogens is 210 g/mol. The molecule has 17 heavy (non-hydrogen) atoms. The van der Waals surface area contributed by atoms with E-state index in [2.05, 4.69) is 57.3 Å². The average molecular weight is 233 g/mol. The number of benzene rings is 1. The lowest BCUT2D eigenvalue weighted by molar-refractivity contribution is -0.122. The van der Waals surface area contributed by atoms with Gasteiger partial charge >= 0.3 is 0 Å². The largest absolute Gasteiger partial charge is 0.351 e. The Morgan fingerprint density at radius 3 is 2.35 bits per heavy atom. The fourth-order valence-corrected chi connectivity index (χ4v) is 1.54. The molecule has 1 aromatic carbocycles. The first-order chi connectivity index (χ1) is 7.93. The normalized spacial score (nSPS) is 11.3. The number of carbonyl (C=O) groups is 1. The van der Waals surface area contributed by atoms with Crippen molar-refractivity contribution in [2.45, 2.75) is 52.5 Å². The van der Waals surface area contributed by atoms with Crippen LogP contribution in [0.2, 0.25) is 0 Å². The lowest BCUT2D eigenvalue weighted by Gasteiger charge is -2.24. The van der Waals surface area contributed by atoms with Gasteiger partial charge in [0, 0.05) is 12.0 Å². The summed E-state index contributed by atoms with van der Waals surface area (Å²) in [5, 5.41) is 3.05. The second-order valence-corrected chi connectivity index (χ2v) is 5.27. The SMILES string of the molecule is CCC(C)(C)NC(=O)CCc1ccc(C)cc1. The highest BCUT2D eigenvalue weighted by Crippen LogP contribution is 2.09. The van der Waals surface area contributed by atoms with Crippen molar-refractivity contribution in [2.75, 3.05) is 0 Å². The van der Waals surface area contributed by atoms with E-state index in [9.17, 15) is 4.79 Å². The maximum atomic E-state index is 11.7. The summed E-state index contributed by atoms with van der Waals surface area (Å²) in [7, 11) is 0. The van der Waals surface area contributed by atoms with Gasteiger partial charge in [0.1, 0.15) is 0 Å². The summed E-state index contributed by atoms with van der Waals surface area (Å²) in [6.45, 7) is 8.26. The third-order valence-corrected chi connectivity index (χ3v) is 3.12. The molecule has 0 bridgehead atoms. The Balaban J connectivity index is 2.41. The van der Waals surface area contributed by atoms with E-state index in [1.54, 1.807) is 0 Å². The second kappa shape index (κ2) is 5.85. The quantitative estimate of drug-likeness (QED) is 0.831. The lowest BCUT2D eigenvalue weighted by Crippen LogP contribution is -2.42. The fraction of sp³-hybridized carbons (Fsp3) is 0.533. The highest BCUT2D eigenvalue weighted by molar-refractivity contribution is 5.76. The molecule has 1 amide bonds. The second-order valence-electron chi connectivity index (χ2n) is 5.27. The summed E-state index contributed by atoms with van der Waals surface area (Å²) >= 11 is 0. The van der Waals surface area contributed by atoms with E-state index in [1.165, 1.54) is 11.1 Å². The van der Waals surface area contributed by atoms with Gasteiger partial charge in [-0.15, -0.1) is 0 Å². The Morgan fingerprint density at radius 2 is 1.82 bits per heavy atom. The molecule has 0 heterocycles. The molecule has 2 heteroatoms. The minimum Gasteiger partial charge on any atom is -0.351 e. The Labute approximate surface area is 104 Å². The maximum Gasteiger partial charge on any atom is 0.220 e. The molecule has 1 rings (SSSR count). The maximum absolute atomic E-state index is 11.7. The molecule has 0 radical (unpaired) electrons. The van der Waals surface area contributed by atoms with Crippen LogP contribution in [0, 0.1) is 6.92 Å². The van der Waals surface area contributed by atoms with Gasteiger partial charge in [-0.1, -0.05) is 36.8 Å². The molecule has 0 aliphatic rings. The molecule has 0 aromatic heterocycles. The Hall–Kier alpha value is -1.31. The van der Waals surface area contributed by atoms with Crippen LogP contribution in [0.15, 0.2) is 24.3 Å². The van der Waals surface area contributed by atoms with Crippen molar-refractivity contribution in [2.24, 2.45) is 0 Å². The first kappa shape index (κ1) is 13.8. The molecule has 2 nitrogen and oxygen atoms in total. The third kappa shape index (κ3) is 5.03. The number of carbonyl (C=O) groups excluding carboxylic acids is 1. The first-order valence-electron chi connectivity index (χ1n) is 6.29. The molecule has 0 saturated carbocycles. The van der Waals surface area contributed by atoms with Crippen LogP contribution in [-0.2, 0) is 11.2 Å². The topological polar surface area (TPSA) is 29.1 Å². The Kier molecular flexibility index (Phi) is 4.73. The number of amides is 1. The van der Waals surface area contributed by atoms with Crippen LogP contribution in [0.5, 0.6) is 0 Å². The van der Waals surface area contributed by atoms with Crippen molar-refractivity contribution < 1.29 is 4.79 Å². The summed E-state index contributed by atoms with van der Waals surface area (Å²) in [5.74, 6) is 0.137. The van der Waals surface area contributed by atoms with Gasteiger partial charge in [-0.25, -0.2) is 0 Å². The minimum atomic E-state index is -0.0929. The molecule has 0 atom stereocenters. The van der Waals surface area contributed by atoms with E-state index in [0.29, 0.717) is 6.42 Å². The Morgan fingerprint density at radius 1 is 1.24 bits per heavy atom. The van der Waals surface area contributed by atoms with Crippen LogP contribution in [0.3, 0.4) is 0 Å². The van der Waals surface area contributed by atoms with Gasteiger partial charge in [0.15, 0.2) is 0 Å². The molecule has 0 unspecified atom stereocenters. The highest BCUT2D eigenvalue weighted by Gasteiger charge is 2.17. The van der Waals surface area contributed by atoms with Crippen molar-refractivity contribution in [3.8, 4) is 0 Å². The van der Waals surface area contributed by atoms with E-state index in [4.69, 9.17) is 0 Å². The summed E-state index contributed by atoms with van der Waals surface area (Å²) in [6.07, 6.45) is 2.32. The van der Waals surface area contributed by atoms with Gasteiger partial charge in [0.05, 0.1) is 0 Å². The molecule has 1 N–H and O–H groups in total. The number of aryl methyl sites for hydroxylation is 2. The van der Waals surface area contributed by atoms with Crippen LogP contribution in [-0.4, -0.2) is 11.4 Å². The van der Waals surface area contributed by atoms with Gasteiger partial charge in [0.25, 0.3) is 0 Å². The fourth-order valence-electron chi connectivity index (χ4n) is 1.54.